The molecule has 2 atom stereocenters. The van der Waals surface area contributed by atoms with E-state index in [0.29, 0.717) is 36.0 Å². The van der Waals surface area contributed by atoms with Crippen molar-refractivity contribution in [1.82, 2.24) is 26.2 Å². The fraction of sp³-hybridized carbons (Fsp3) is 0.500. The van der Waals surface area contributed by atoms with E-state index < -0.39 is 73.2 Å². The van der Waals surface area contributed by atoms with Crippen LogP contribution >= 0.6 is 46.4 Å². The normalized spacial score (nSPS) is 18.0. The van der Waals surface area contributed by atoms with Gasteiger partial charge in [-0.1, -0.05) is 81.0 Å². The number of amides is 4. The maximum atomic E-state index is 12.8. The van der Waals surface area contributed by atoms with Crippen molar-refractivity contribution in [3.8, 4) is 0 Å². The fourth-order valence-corrected chi connectivity index (χ4v) is 7.94. The summed E-state index contributed by atoms with van der Waals surface area (Å²) in [5.74, 6) is -6.35. The number of halogens is 4. The summed E-state index contributed by atoms with van der Waals surface area (Å²) in [6.45, 7) is 8.56. The Kier molecular flexibility index (Phi) is 23.2. The zero-order chi connectivity index (χ0) is 50.1. The Morgan fingerprint density at radius 2 is 1.15 bits per heavy atom. The smallest absolute Gasteiger partial charge is 0.599 e. The molecule has 8 N–H and O–H groups in total. The summed E-state index contributed by atoms with van der Waals surface area (Å²) in [5.41, 5.74) is 0.303. The molecule has 2 heterocycles. The maximum Gasteiger partial charge on any atom is 0.605 e. The Labute approximate surface area is 402 Å². The summed E-state index contributed by atoms with van der Waals surface area (Å²) in [6.07, 6.45) is 0.817. The molecule has 66 heavy (non-hydrogen) atoms. The van der Waals surface area contributed by atoms with Crippen LogP contribution in [0.1, 0.15) is 75.1 Å². The van der Waals surface area contributed by atoms with Crippen molar-refractivity contribution in [2.75, 3.05) is 52.4 Å². The lowest BCUT2D eigenvalue weighted by Crippen LogP contribution is -2.73. The fourth-order valence-electron chi connectivity index (χ4n) is 7.19. The molecule has 2 aromatic carbocycles. The predicted octanol–water partition coefficient (Wildman–Crippen LogP) is 2.43. The lowest BCUT2D eigenvalue weighted by atomic mass is 9.57. The van der Waals surface area contributed by atoms with Crippen LogP contribution in [0.2, 0.25) is 20.1 Å². The number of aliphatic carboxylic acids is 2. The van der Waals surface area contributed by atoms with Gasteiger partial charge in [-0.2, -0.15) is 0 Å². The van der Waals surface area contributed by atoms with E-state index in [4.69, 9.17) is 65.9 Å². The summed E-state index contributed by atoms with van der Waals surface area (Å²) < 4.78 is 11.3. The molecular formula is C40H56B2Cl4N6O14. The zero-order valence-electron chi connectivity index (χ0n) is 37.3. The van der Waals surface area contributed by atoms with Gasteiger partial charge in [-0.25, -0.2) is 0 Å². The number of hydrogen-bond acceptors (Lipinski definition) is 13. The minimum absolute atomic E-state index is 0.0106. The Balaban J connectivity index is 0.000000383. The number of hydrogen-bond donors (Lipinski definition) is 8. The van der Waals surface area contributed by atoms with Gasteiger partial charge in [0, 0.05) is 16.6 Å². The van der Waals surface area contributed by atoms with Gasteiger partial charge < -0.3 is 55.2 Å². The first-order valence-corrected chi connectivity index (χ1v) is 22.3. The number of carboxylic acid groups (broad SMARTS) is 2. The molecule has 2 aromatic rings. The van der Waals surface area contributed by atoms with Crippen molar-refractivity contribution >= 4 is 108 Å². The third-order valence-corrected chi connectivity index (χ3v) is 11.4. The van der Waals surface area contributed by atoms with E-state index in [1.54, 1.807) is 19.1 Å². The molecule has 0 bridgehead atoms. The van der Waals surface area contributed by atoms with Crippen LogP contribution in [0.4, 0.5) is 0 Å². The number of rotatable bonds is 20. The molecule has 26 heteroatoms. The average Bonchev–Trinajstić information content (AvgIpc) is 3.66. The van der Waals surface area contributed by atoms with Gasteiger partial charge in [0.15, 0.2) is 0 Å². The first-order chi connectivity index (χ1) is 30.8. The van der Waals surface area contributed by atoms with Gasteiger partial charge in [-0.15, -0.1) is 0 Å². The highest BCUT2D eigenvalue weighted by molar-refractivity contribution is 6.68. The summed E-state index contributed by atoms with van der Waals surface area (Å²) in [7, 11) is -1.67. The molecule has 2 aliphatic heterocycles. The van der Waals surface area contributed by atoms with Crippen LogP contribution in [0, 0.1) is 11.8 Å². The Bertz CT molecular complexity index is 2050. The average molecular weight is 1010 g/mol. The second-order valence-electron chi connectivity index (χ2n) is 16.3. The van der Waals surface area contributed by atoms with Crippen LogP contribution in [-0.2, 0) is 38.1 Å². The number of likely N-dealkylation sites (N-methyl/N-ethyl adjacent to an activating group) is 2. The lowest BCUT2D eigenvalue weighted by molar-refractivity contribution is -0.814. The van der Waals surface area contributed by atoms with Crippen LogP contribution in [-0.4, -0.2) is 155 Å². The molecule has 4 rings (SSSR count). The minimum Gasteiger partial charge on any atom is -0.599 e. The lowest BCUT2D eigenvalue weighted by Gasteiger charge is -2.47. The van der Waals surface area contributed by atoms with Gasteiger partial charge in [0.2, 0.25) is 11.8 Å². The molecule has 20 nitrogen and oxygen atoms in total. The van der Waals surface area contributed by atoms with Crippen LogP contribution in [0.25, 0.3) is 0 Å². The van der Waals surface area contributed by atoms with Crippen molar-refractivity contribution in [3.63, 3.8) is 0 Å². The summed E-state index contributed by atoms with van der Waals surface area (Å²) in [5, 5.41) is 46.4. The molecule has 4 amide bonds. The molecule has 0 aromatic heterocycles. The summed E-state index contributed by atoms with van der Waals surface area (Å²) >= 11 is 23.7. The van der Waals surface area contributed by atoms with Crippen molar-refractivity contribution in [3.05, 3.63) is 67.6 Å². The first kappa shape index (κ1) is 57.5. The van der Waals surface area contributed by atoms with Gasteiger partial charge in [-0.3, -0.25) is 43.3 Å². The topological polar surface area (TPSA) is 287 Å². The molecule has 2 fully saturated rings. The molecule has 0 aliphatic carbocycles. The molecular weight excluding hydrogens is 952 g/mol. The van der Waals surface area contributed by atoms with Gasteiger partial charge >= 0.3 is 37.7 Å². The van der Waals surface area contributed by atoms with E-state index in [-0.39, 0.29) is 76.7 Å². The van der Waals surface area contributed by atoms with Crippen LogP contribution < -0.4 is 21.3 Å². The van der Waals surface area contributed by atoms with Crippen molar-refractivity contribution in [2.24, 2.45) is 11.8 Å². The number of carbonyl (C=O) groups excluding carboxylic acids is 6. The van der Waals surface area contributed by atoms with Gasteiger partial charge in [0.05, 0.1) is 59.2 Å². The Morgan fingerprint density at radius 3 is 1.52 bits per heavy atom. The molecule has 0 spiro atoms. The van der Waals surface area contributed by atoms with E-state index in [1.165, 1.54) is 29.2 Å². The summed E-state index contributed by atoms with van der Waals surface area (Å²) in [6, 6.07) is 8.88. The monoisotopic (exact) mass is 1010 g/mol. The third-order valence-electron chi connectivity index (χ3n) is 10.2. The first-order valence-electron chi connectivity index (χ1n) is 20.8. The standard InChI is InChI=1S/C20H26BCl2N3O6.C14H19BCl2N2O4.C6H11NO4/c1-4-26-10-18(28)31-21(26,32-19(29)11-26)16(7-12(2)3)25-17(27)9-24-20(30)14-8-13(22)5-6-15(14)23;1-8(2)5-12(15(22)23)19-13(20)7-18-14(21)10-6-9(16)3-4-11(10)17;1-2-7(3-5(8)9)4-6(10)11/h5-6,8,12,16H,4,7,9-11H2,1-3H3,(H,24,30)(H,25,27);3-4,6,8,12,22-23H,5,7H2,1-2H3,(H,18,21)(H,19,20);2-4H2,1H3,(H,8,9)(H,10,11)/t16-,21?,26?;12-;/m10./s1. The molecule has 0 radical (unpaired) electrons. The highest BCUT2D eigenvalue weighted by atomic mass is 35.5. The van der Waals surface area contributed by atoms with Gasteiger partial charge in [-0.05, 0) is 74.5 Å². The van der Waals surface area contributed by atoms with E-state index >= 15 is 0 Å². The Morgan fingerprint density at radius 1 is 0.727 bits per heavy atom. The van der Waals surface area contributed by atoms with Gasteiger partial charge in [0.1, 0.15) is 13.1 Å². The van der Waals surface area contributed by atoms with E-state index in [1.807, 2.05) is 34.6 Å². The SMILES string of the molecule is CC(C)C[C@H](NC(=O)CNC(=O)c1cc(Cl)ccc1Cl)B(O)O.CCN(CC(=O)O)CC(=O)O.CC[N+]12CC(=O)O[B-]1([C@@H](CC(C)C)NC(=O)CNC(=O)c1cc(Cl)ccc1Cl)OC(=O)C2. The zero-order valence-corrected chi connectivity index (χ0v) is 40.3. The molecule has 364 valence electrons. The number of fused-ring (bicyclic) bond motifs is 1. The minimum atomic E-state index is -2.47. The molecule has 2 aliphatic rings. The van der Waals surface area contributed by atoms with Crippen molar-refractivity contribution < 1.29 is 72.3 Å². The molecule has 2 saturated heterocycles. The number of benzene rings is 2. The third kappa shape index (κ3) is 17.5. The number of carbonyl (C=O) groups is 8. The molecule has 0 unspecified atom stereocenters. The highest BCUT2D eigenvalue weighted by Gasteiger charge is 2.70. The van der Waals surface area contributed by atoms with E-state index in [2.05, 4.69) is 21.3 Å². The Hall–Kier alpha value is -4.67. The van der Waals surface area contributed by atoms with Crippen LogP contribution in [0.3, 0.4) is 0 Å². The van der Waals surface area contributed by atoms with Crippen LogP contribution in [0.15, 0.2) is 36.4 Å². The number of nitrogens with one attached hydrogen (secondary N) is 4. The molecule has 0 saturated carbocycles. The van der Waals surface area contributed by atoms with E-state index in [0.717, 1.165) is 0 Å². The van der Waals surface area contributed by atoms with Crippen molar-refractivity contribution in [2.45, 2.75) is 66.3 Å². The highest BCUT2D eigenvalue weighted by Crippen LogP contribution is 2.39. The van der Waals surface area contributed by atoms with Crippen molar-refractivity contribution in [1.29, 1.82) is 0 Å². The quantitative estimate of drug-likeness (QED) is 0.0885. The number of nitrogens with zero attached hydrogens (tertiary/aromatic N) is 2. The number of carboxylic acids is 2. The summed E-state index contributed by atoms with van der Waals surface area (Å²) in [4.78, 5) is 95.0. The van der Waals surface area contributed by atoms with Crippen LogP contribution in [0.5, 0.6) is 0 Å². The second kappa shape index (κ2) is 26.6. The second-order valence-corrected chi connectivity index (χ2v) is 18.0. The number of quaternary nitrogens is 1. The maximum absolute atomic E-state index is 12.8. The van der Waals surface area contributed by atoms with E-state index in [9.17, 15) is 48.4 Å². The van der Waals surface area contributed by atoms with Gasteiger partial charge in [0.25, 0.3) is 11.8 Å². The predicted molar refractivity (Wildman–Crippen MR) is 246 cm³/mol. The largest absolute Gasteiger partial charge is 0.605 e.